The molecule has 7 heteroatoms. The van der Waals surface area contributed by atoms with Crippen LogP contribution in [0.1, 0.15) is 13.3 Å². The number of aliphatic hydroxyl groups excluding tert-OH is 1. The summed E-state index contributed by atoms with van der Waals surface area (Å²) >= 11 is 0. The number of aliphatic hydroxyl groups is 1. The second kappa shape index (κ2) is 6.12. The van der Waals surface area contributed by atoms with Crippen LogP contribution in [0, 0.1) is 5.82 Å². The van der Waals surface area contributed by atoms with Crippen molar-refractivity contribution in [1.82, 2.24) is 4.31 Å². The van der Waals surface area contributed by atoms with E-state index in [0.29, 0.717) is 6.42 Å². The topological polar surface area (TPSA) is 83.6 Å². The van der Waals surface area contributed by atoms with E-state index in [2.05, 4.69) is 0 Å². The van der Waals surface area contributed by atoms with Gasteiger partial charge in [-0.1, -0.05) is 6.92 Å². The largest absolute Gasteiger partial charge is 0.399 e. The van der Waals surface area contributed by atoms with E-state index in [9.17, 15) is 12.8 Å². The zero-order valence-electron chi connectivity index (χ0n) is 10.1. The lowest BCUT2D eigenvalue weighted by atomic mass is 10.3. The third-order valence-corrected chi connectivity index (χ3v) is 4.40. The van der Waals surface area contributed by atoms with Gasteiger partial charge in [-0.2, -0.15) is 4.31 Å². The Hall–Kier alpha value is -1.18. The molecule has 0 atom stereocenters. The van der Waals surface area contributed by atoms with Gasteiger partial charge in [0.1, 0.15) is 5.82 Å². The summed E-state index contributed by atoms with van der Waals surface area (Å²) in [5.41, 5.74) is 5.50. The van der Waals surface area contributed by atoms with E-state index in [1.807, 2.05) is 0 Å². The molecule has 3 N–H and O–H groups in total. The minimum absolute atomic E-state index is 0.0618. The van der Waals surface area contributed by atoms with Gasteiger partial charge in [0.2, 0.25) is 10.0 Å². The molecule has 5 nitrogen and oxygen atoms in total. The monoisotopic (exact) mass is 276 g/mol. The number of hydrogen-bond acceptors (Lipinski definition) is 4. The summed E-state index contributed by atoms with van der Waals surface area (Å²) in [6.07, 6.45) is 0.331. The molecule has 0 heterocycles. The summed E-state index contributed by atoms with van der Waals surface area (Å²) in [5, 5.41) is 8.73. The highest BCUT2D eigenvalue weighted by molar-refractivity contribution is 7.89. The molecule has 0 saturated heterocycles. The van der Waals surface area contributed by atoms with Gasteiger partial charge in [0.25, 0.3) is 0 Å². The first-order valence-electron chi connectivity index (χ1n) is 5.59. The Balaban J connectivity index is 3.10. The first-order chi connectivity index (χ1) is 8.41. The van der Waals surface area contributed by atoms with Crippen molar-refractivity contribution in [3.8, 4) is 0 Å². The van der Waals surface area contributed by atoms with Gasteiger partial charge < -0.3 is 10.8 Å². The molecule has 0 unspecified atom stereocenters. The third kappa shape index (κ3) is 3.41. The highest BCUT2D eigenvalue weighted by Gasteiger charge is 2.23. The highest BCUT2D eigenvalue weighted by atomic mass is 32.2. The van der Waals surface area contributed by atoms with Gasteiger partial charge in [-0.15, -0.1) is 0 Å². The summed E-state index contributed by atoms with van der Waals surface area (Å²) in [5.74, 6) is -0.688. The van der Waals surface area contributed by atoms with Crippen molar-refractivity contribution in [3.05, 3.63) is 24.0 Å². The van der Waals surface area contributed by atoms with Crippen LogP contribution in [0.25, 0.3) is 0 Å². The molecule has 1 rings (SSSR count). The van der Waals surface area contributed by atoms with Crippen LogP contribution in [0.3, 0.4) is 0 Å². The molecule has 0 saturated carbocycles. The molecular formula is C11H17FN2O3S. The molecule has 0 aliphatic heterocycles. The summed E-state index contributed by atoms with van der Waals surface area (Å²) in [4.78, 5) is -0.167. The van der Waals surface area contributed by atoms with E-state index < -0.39 is 15.8 Å². The highest BCUT2D eigenvalue weighted by Crippen LogP contribution is 2.20. The average Bonchev–Trinajstić information content (AvgIpc) is 2.28. The Kier molecular flexibility index (Phi) is 5.06. The van der Waals surface area contributed by atoms with Gasteiger partial charge in [0.15, 0.2) is 0 Å². The summed E-state index contributed by atoms with van der Waals surface area (Å²) in [7, 11) is -3.77. The van der Waals surface area contributed by atoms with Crippen molar-refractivity contribution in [1.29, 1.82) is 0 Å². The predicted molar refractivity (Wildman–Crippen MR) is 66.9 cm³/mol. The van der Waals surface area contributed by atoms with Crippen LogP contribution in [0.4, 0.5) is 10.1 Å². The van der Waals surface area contributed by atoms with Crippen LogP contribution < -0.4 is 5.73 Å². The molecule has 0 fully saturated rings. The van der Waals surface area contributed by atoms with Gasteiger partial charge in [0, 0.05) is 25.4 Å². The number of nitrogen functional groups attached to an aromatic ring is 1. The van der Waals surface area contributed by atoms with Gasteiger partial charge in [-0.25, -0.2) is 12.8 Å². The standard InChI is InChI=1S/C11H17FN2O3S/c1-2-14(4-3-5-15)18(16,17)11-7-9(12)6-10(13)8-11/h6-8,15H,2-5,13H2,1H3. The average molecular weight is 276 g/mol. The lowest BCUT2D eigenvalue weighted by Crippen LogP contribution is -2.32. The fraction of sp³-hybridized carbons (Fsp3) is 0.455. The van der Waals surface area contributed by atoms with Crippen molar-refractivity contribution >= 4 is 15.7 Å². The Labute approximate surface area is 106 Å². The van der Waals surface area contributed by atoms with Crippen molar-refractivity contribution in [2.75, 3.05) is 25.4 Å². The second-order valence-electron chi connectivity index (χ2n) is 3.79. The molecule has 0 aliphatic carbocycles. The Morgan fingerprint density at radius 2 is 2.06 bits per heavy atom. The first-order valence-corrected chi connectivity index (χ1v) is 7.03. The Morgan fingerprint density at radius 1 is 1.39 bits per heavy atom. The molecule has 0 bridgehead atoms. The first kappa shape index (κ1) is 14.9. The molecule has 0 aliphatic rings. The molecule has 0 spiro atoms. The number of benzene rings is 1. The Morgan fingerprint density at radius 3 is 2.56 bits per heavy atom. The lowest BCUT2D eigenvalue weighted by molar-refractivity contribution is 0.271. The van der Waals surface area contributed by atoms with Crippen LogP contribution in [-0.2, 0) is 10.0 Å². The van der Waals surface area contributed by atoms with Crippen molar-refractivity contribution in [2.24, 2.45) is 0 Å². The third-order valence-electron chi connectivity index (χ3n) is 2.45. The number of nitrogens with zero attached hydrogens (tertiary/aromatic N) is 1. The number of hydrogen-bond donors (Lipinski definition) is 2. The van der Waals surface area contributed by atoms with Crippen LogP contribution in [0.2, 0.25) is 0 Å². The molecule has 0 amide bonds. The quantitative estimate of drug-likeness (QED) is 0.753. The zero-order valence-corrected chi connectivity index (χ0v) is 11.0. The summed E-state index contributed by atoms with van der Waals surface area (Å²) < 4.78 is 38.7. The minimum atomic E-state index is -3.77. The fourth-order valence-electron chi connectivity index (χ4n) is 1.58. The molecule has 18 heavy (non-hydrogen) atoms. The van der Waals surface area contributed by atoms with Gasteiger partial charge in [0.05, 0.1) is 4.90 Å². The van der Waals surface area contributed by atoms with Crippen LogP contribution in [0.15, 0.2) is 23.1 Å². The number of nitrogens with two attached hydrogens (primary N) is 1. The zero-order chi connectivity index (χ0) is 13.8. The smallest absolute Gasteiger partial charge is 0.243 e. The maximum atomic E-state index is 13.2. The van der Waals surface area contributed by atoms with Crippen LogP contribution >= 0.6 is 0 Å². The predicted octanol–water partition coefficient (Wildman–Crippen LogP) is 0.801. The van der Waals surface area contributed by atoms with Crippen molar-refractivity contribution in [3.63, 3.8) is 0 Å². The molecule has 1 aromatic carbocycles. The molecule has 1 aromatic rings. The molecule has 0 aromatic heterocycles. The van der Waals surface area contributed by atoms with E-state index in [0.717, 1.165) is 12.1 Å². The number of sulfonamides is 1. The van der Waals surface area contributed by atoms with E-state index in [-0.39, 0.29) is 30.3 Å². The summed E-state index contributed by atoms with van der Waals surface area (Å²) in [6.45, 7) is 2.01. The van der Waals surface area contributed by atoms with Crippen LogP contribution in [-0.4, -0.2) is 37.5 Å². The van der Waals surface area contributed by atoms with E-state index in [1.165, 1.54) is 10.4 Å². The van der Waals surface area contributed by atoms with Crippen molar-refractivity contribution in [2.45, 2.75) is 18.2 Å². The lowest BCUT2D eigenvalue weighted by Gasteiger charge is -2.20. The van der Waals surface area contributed by atoms with Gasteiger partial charge in [-0.3, -0.25) is 0 Å². The molecule has 0 radical (unpaired) electrons. The Bertz CT molecular complexity index is 485. The normalized spacial score (nSPS) is 12.0. The van der Waals surface area contributed by atoms with Gasteiger partial charge >= 0.3 is 0 Å². The fourth-order valence-corrected chi connectivity index (χ4v) is 3.13. The minimum Gasteiger partial charge on any atom is -0.399 e. The molecular weight excluding hydrogens is 259 g/mol. The van der Waals surface area contributed by atoms with Gasteiger partial charge in [-0.05, 0) is 24.6 Å². The second-order valence-corrected chi connectivity index (χ2v) is 5.73. The van der Waals surface area contributed by atoms with E-state index >= 15 is 0 Å². The summed E-state index contributed by atoms with van der Waals surface area (Å²) in [6, 6.07) is 3.22. The van der Waals surface area contributed by atoms with Crippen molar-refractivity contribution < 1.29 is 17.9 Å². The van der Waals surface area contributed by atoms with Crippen LogP contribution in [0.5, 0.6) is 0 Å². The maximum absolute atomic E-state index is 13.2. The van der Waals surface area contributed by atoms with E-state index in [1.54, 1.807) is 6.92 Å². The number of halogens is 1. The maximum Gasteiger partial charge on any atom is 0.243 e. The number of anilines is 1. The SMILES string of the molecule is CCN(CCCO)S(=O)(=O)c1cc(N)cc(F)c1. The molecule has 102 valence electrons. The number of rotatable bonds is 6. The van der Waals surface area contributed by atoms with E-state index in [4.69, 9.17) is 10.8 Å².